The van der Waals surface area contributed by atoms with E-state index in [9.17, 15) is 4.79 Å². The van der Waals surface area contributed by atoms with Crippen molar-refractivity contribution in [3.05, 3.63) is 70.2 Å². The minimum Gasteiger partial charge on any atom is -0.296 e. The zero-order valence-corrected chi connectivity index (χ0v) is 15.1. The molecule has 0 atom stereocenters. The highest BCUT2D eigenvalue weighted by Crippen LogP contribution is 2.32. The summed E-state index contributed by atoms with van der Waals surface area (Å²) in [4.78, 5) is 17.4. The first-order chi connectivity index (χ1) is 12.2. The number of aldehydes is 1. The number of thiazole rings is 1. The summed E-state index contributed by atoms with van der Waals surface area (Å²) < 4.78 is 1.92. The molecule has 0 bridgehead atoms. The SMILES string of the molecule is CCc1ccc(-c2nc3scc(-c4ccc(Cl)cc4)n3c2C=O)cc1. The Bertz CT molecular complexity index is 1050. The Morgan fingerprint density at radius 3 is 2.40 bits per heavy atom. The van der Waals surface area contributed by atoms with Gasteiger partial charge in [0.1, 0.15) is 11.4 Å². The van der Waals surface area contributed by atoms with Gasteiger partial charge in [-0.15, -0.1) is 11.3 Å². The lowest BCUT2D eigenvalue weighted by Gasteiger charge is -2.04. The van der Waals surface area contributed by atoms with Crippen molar-refractivity contribution in [2.45, 2.75) is 13.3 Å². The van der Waals surface area contributed by atoms with Gasteiger partial charge >= 0.3 is 0 Å². The third-order valence-electron chi connectivity index (χ3n) is 4.29. The Kier molecular flexibility index (Phi) is 4.15. The van der Waals surface area contributed by atoms with E-state index in [0.717, 1.165) is 40.2 Å². The molecule has 0 aliphatic heterocycles. The molecule has 0 radical (unpaired) electrons. The molecule has 0 saturated heterocycles. The van der Waals surface area contributed by atoms with Crippen molar-refractivity contribution >= 4 is 34.2 Å². The van der Waals surface area contributed by atoms with Crippen LogP contribution in [-0.4, -0.2) is 15.7 Å². The van der Waals surface area contributed by atoms with Gasteiger partial charge in [0.25, 0.3) is 0 Å². The Morgan fingerprint density at radius 1 is 1.08 bits per heavy atom. The highest BCUT2D eigenvalue weighted by atomic mass is 35.5. The van der Waals surface area contributed by atoms with Gasteiger partial charge in [0.2, 0.25) is 0 Å². The summed E-state index contributed by atoms with van der Waals surface area (Å²) in [6.07, 6.45) is 1.87. The van der Waals surface area contributed by atoms with Crippen molar-refractivity contribution in [1.29, 1.82) is 0 Å². The minimum absolute atomic E-state index is 0.574. The number of fused-ring (bicyclic) bond motifs is 1. The monoisotopic (exact) mass is 366 g/mol. The molecule has 0 N–H and O–H groups in total. The highest BCUT2D eigenvalue weighted by molar-refractivity contribution is 7.15. The van der Waals surface area contributed by atoms with E-state index in [-0.39, 0.29) is 0 Å². The molecule has 4 aromatic rings. The summed E-state index contributed by atoms with van der Waals surface area (Å²) in [6.45, 7) is 2.12. The first-order valence-corrected chi connectivity index (χ1v) is 9.27. The first kappa shape index (κ1) is 16.1. The lowest BCUT2D eigenvalue weighted by atomic mass is 10.1. The van der Waals surface area contributed by atoms with Crippen LogP contribution in [0.3, 0.4) is 0 Å². The third kappa shape index (κ3) is 2.77. The quantitative estimate of drug-likeness (QED) is 0.430. The van der Waals surface area contributed by atoms with Crippen LogP contribution in [0.15, 0.2) is 53.9 Å². The number of aryl methyl sites for hydroxylation is 1. The van der Waals surface area contributed by atoms with Crippen molar-refractivity contribution in [2.75, 3.05) is 0 Å². The summed E-state index contributed by atoms with van der Waals surface area (Å²) >= 11 is 7.51. The van der Waals surface area contributed by atoms with Crippen LogP contribution in [-0.2, 0) is 6.42 Å². The number of rotatable bonds is 4. The maximum Gasteiger partial charge on any atom is 0.195 e. The molecule has 2 heterocycles. The molecule has 0 saturated carbocycles. The lowest BCUT2D eigenvalue weighted by molar-refractivity contribution is 0.111. The van der Waals surface area contributed by atoms with Crippen LogP contribution in [0.25, 0.3) is 27.5 Å². The molecular formula is C20H15ClN2OS. The van der Waals surface area contributed by atoms with Crippen molar-refractivity contribution in [2.24, 2.45) is 0 Å². The van der Waals surface area contributed by atoms with Crippen LogP contribution in [0.2, 0.25) is 5.02 Å². The number of aromatic nitrogens is 2. The Morgan fingerprint density at radius 2 is 1.76 bits per heavy atom. The van der Waals surface area contributed by atoms with E-state index in [4.69, 9.17) is 16.6 Å². The standard InChI is InChI=1S/C20H15ClN2OS/c1-2-13-3-5-15(6-4-13)19-17(11-24)23-18(12-25-20(23)22-19)14-7-9-16(21)10-8-14/h3-12H,2H2,1H3. The molecule has 0 unspecified atom stereocenters. The summed E-state index contributed by atoms with van der Waals surface area (Å²) in [6, 6.07) is 15.8. The zero-order valence-electron chi connectivity index (χ0n) is 13.6. The zero-order chi connectivity index (χ0) is 17.4. The lowest BCUT2D eigenvalue weighted by Crippen LogP contribution is -1.94. The molecule has 124 valence electrons. The number of hydrogen-bond donors (Lipinski definition) is 0. The molecule has 2 aromatic heterocycles. The Labute approximate surface area is 154 Å². The van der Waals surface area contributed by atoms with Gasteiger partial charge in [0, 0.05) is 16.0 Å². The summed E-state index contributed by atoms with van der Waals surface area (Å²) in [7, 11) is 0. The van der Waals surface area contributed by atoms with Gasteiger partial charge in [0.15, 0.2) is 11.2 Å². The second-order valence-electron chi connectivity index (χ2n) is 5.76. The average molecular weight is 367 g/mol. The predicted molar refractivity (Wildman–Crippen MR) is 104 cm³/mol. The maximum absolute atomic E-state index is 11.9. The van der Waals surface area contributed by atoms with Gasteiger partial charge in [-0.25, -0.2) is 4.98 Å². The van der Waals surface area contributed by atoms with E-state index in [0.29, 0.717) is 10.7 Å². The molecule has 25 heavy (non-hydrogen) atoms. The largest absolute Gasteiger partial charge is 0.296 e. The van der Waals surface area contributed by atoms with E-state index in [1.165, 1.54) is 16.9 Å². The van der Waals surface area contributed by atoms with Crippen LogP contribution in [0.1, 0.15) is 23.0 Å². The van der Waals surface area contributed by atoms with Crippen LogP contribution in [0.4, 0.5) is 0 Å². The van der Waals surface area contributed by atoms with Crippen LogP contribution in [0.5, 0.6) is 0 Å². The summed E-state index contributed by atoms with van der Waals surface area (Å²) in [5.41, 5.74) is 5.47. The van der Waals surface area contributed by atoms with Gasteiger partial charge < -0.3 is 0 Å². The normalized spacial score (nSPS) is 11.1. The Hall–Kier alpha value is -2.43. The molecule has 3 nitrogen and oxygen atoms in total. The predicted octanol–water partition coefficient (Wildman–Crippen LogP) is 5.76. The van der Waals surface area contributed by atoms with Crippen LogP contribution < -0.4 is 0 Å². The fourth-order valence-electron chi connectivity index (χ4n) is 2.92. The molecule has 5 heteroatoms. The smallest absolute Gasteiger partial charge is 0.195 e. The fraction of sp³-hybridized carbons (Fsp3) is 0.100. The van der Waals surface area contributed by atoms with Crippen molar-refractivity contribution < 1.29 is 4.79 Å². The number of benzene rings is 2. The molecule has 0 amide bonds. The number of carbonyl (C=O) groups is 1. The van der Waals surface area contributed by atoms with Crippen LogP contribution >= 0.6 is 22.9 Å². The van der Waals surface area contributed by atoms with Gasteiger partial charge in [-0.1, -0.05) is 54.9 Å². The maximum atomic E-state index is 11.9. The van der Waals surface area contributed by atoms with Crippen molar-refractivity contribution in [3.63, 3.8) is 0 Å². The average Bonchev–Trinajstić information content (AvgIpc) is 3.21. The molecule has 0 fully saturated rings. The first-order valence-electron chi connectivity index (χ1n) is 8.01. The topological polar surface area (TPSA) is 34.4 Å². The van der Waals surface area contributed by atoms with Gasteiger partial charge in [-0.2, -0.15) is 0 Å². The van der Waals surface area contributed by atoms with E-state index in [1.807, 2.05) is 46.2 Å². The second-order valence-corrected chi connectivity index (χ2v) is 7.03. The number of nitrogens with zero attached hydrogens (tertiary/aromatic N) is 2. The van der Waals surface area contributed by atoms with Crippen LogP contribution in [0, 0.1) is 0 Å². The Balaban J connectivity index is 1.90. The van der Waals surface area contributed by atoms with Crippen molar-refractivity contribution in [3.8, 4) is 22.5 Å². The fourth-order valence-corrected chi connectivity index (χ4v) is 3.95. The minimum atomic E-state index is 0.574. The summed E-state index contributed by atoms with van der Waals surface area (Å²) in [5.74, 6) is 0. The highest BCUT2D eigenvalue weighted by Gasteiger charge is 2.18. The summed E-state index contributed by atoms with van der Waals surface area (Å²) in [5, 5.41) is 2.70. The molecule has 4 rings (SSSR count). The van der Waals surface area contributed by atoms with E-state index in [2.05, 4.69) is 19.1 Å². The van der Waals surface area contributed by atoms with Gasteiger partial charge in [-0.05, 0) is 29.7 Å². The van der Waals surface area contributed by atoms with Crippen molar-refractivity contribution in [1.82, 2.24) is 9.38 Å². The third-order valence-corrected chi connectivity index (χ3v) is 5.36. The molecular weight excluding hydrogens is 352 g/mol. The number of carbonyl (C=O) groups excluding carboxylic acids is 1. The number of hydrogen-bond acceptors (Lipinski definition) is 3. The second kappa shape index (κ2) is 6.47. The molecule has 2 aromatic carbocycles. The van der Waals surface area contributed by atoms with E-state index in [1.54, 1.807) is 0 Å². The number of halogens is 1. The molecule has 0 aliphatic carbocycles. The van der Waals surface area contributed by atoms with Gasteiger partial charge in [-0.3, -0.25) is 9.20 Å². The van der Waals surface area contributed by atoms with E-state index >= 15 is 0 Å². The number of imidazole rings is 1. The van der Waals surface area contributed by atoms with Gasteiger partial charge in [0.05, 0.1) is 5.69 Å². The molecule has 0 aliphatic rings. The van der Waals surface area contributed by atoms with E-state index < -0.39 is 0 Å². The molecule has 0 spiro atoms.